The van der Waals surface area contributed by atoms with Crippen molar-refractivity contribution in [3.05, 3.63) is 78.4 Å². The van der Waals surface area contributed by atoms with Crippen LogP contribution in [0.15, 0.2) is 82.8 Å². The molecular weight excluding hydrogens is 482 g/mol. The number of ether oxygens (including phenoxy) is 3. The standard InChI is InChI=1S/C26H29N3O6S/c1-5-35-21-13-11-20(12-14-21)19(2)27-28-26(30)18-29(36(31,32)23-9-7-6-8-10-23)24-17-22(33-3)15-16-25(24)34-4/h6-17H,5,18H2,1-4H3,(H,28,30)/b27-19+. The number of hydrogen-bond acceptors (Lipinski definition) is 7. The Kier molecular flexibility index (Phi) is 8.91. The van der Waals surface area contributed by atoms with E-state index in [4.69, 9.17) is 14.2 Å². The molecule has 190 valence electrons. The summed E-state index contributed by atoms with van der Waals surface area (Å²) in [6.45, 7) is 3.65. The molecule has 0 aromatic heterocycles. The molecule has 0 saturated carbocycles. The summed E-state index contributed by atoms with van der Waals surface area (Å²) in [6, 6.07) is 19.8. The molecular formula is C26H29N3O6S. The molecule has 0 radical (unpaired) electrons. The van der Waals surface area contributed by atoms with E-state index in [-0.39, 0.29) is 16.3 Å². The van der Waals surface area contributed by atoms with Crippen molar-refractivity contribution in [2.45, 2.75) is 18.7 Å². The second-order valence-corrected chi connectivity index (χ2v) is 9.41. The average molecular weight is 512 g/mol. The van der Waals surface area contributed by atoms with Gasteiger partial charge in [0.15, 0.2) is 0 Å². The first-order valence-corrected chi connectivity index (χ1v) is 12.6. The molecule has 0 atom stereocenters. The first-order valence-electron chi connectivity index (χ1n) is 11.2. The van der Waals surface area contributed by atoms with E-state index >= 15 is 0 Å². The molecule has 1 N–H and O–H groups in total. The Morgan fingerprint density at radius 3 is 2.22 bits per heavy atom. The molecule has 0 spiro atoms. The Morgan fingerprint density at radius 2 is 1.61 bits per heavy atom. The lowest BCUT2D eigenvalue weighted by atomic mass is 10.1. The minimum Gasteiger partial charge on any atom is -0.497 e. The van der Waals surface area contributed by atoms with Gasteiger partial charge in [0.05, 0.1) is 37.1 Å². The third kappa shape index (κ3) is 6.33. The summed E-state index contributed by atoms with van der Waals surface area (Å²) in [5.74, 6) is 0.762. The quantitative estimate of drug-likeness (QED) is 0.310. The van der Waals surface area contributed by atoms with Crippen LogP contribution in [0.2, 0.25) is 0 Å². The van der Waals surface area contributed by atoms with Crippen molar-refractivity contribution in [3.8, 4) is 17.2 Å². The molecule has 1 amide bonds. The van der Waals surface area contributed by atoms with Crippen LogP contribution in [0.3, 0.4) is 0 Å². The summed E-state index contributed by atoms with van der Waals surface area (Å²) in [5, 5.41) is 4.15. The topological polar surface area (TPSA) is 107 Å². The molecule has 3 rings (SSSR count). The van der Waals surface area contributed by atoms with Gasteiger partial charge in [0, 0.05) is 6.07 Å². The summed E-state index contributed by atoms with van der Waals surface area (Å²) in [7, 11) is -1.25. The molecule has 3 aromatic carbocycles. The SMILES string of the molecule is CCOc1ccc(/C(C)=N/NC(=O)CN(c2cc(OC)ccc2OC)S(=O)(=O)c2ccccc2)cc1. The minimum absolute atomic E-state index is 0.0248. The predicted molar refractivity (Wildman–Crippen MR) is 138 cm³/mol. The van der Waals surface area contributed by atoms with E-state index in [0.717, 1.165) is 15.6 Å². The van der Waals surface area contributed by atoms with Gasteiger partial charge in [-0.05, 0) is 67.9 Å². The highest BCUT2D eigenvalue weighted by Gasteiger charge is 2.30. The first kappa shape index (κ1) is 26.6. The summed E-state index contributed by atoms with van der Waals surface area (Å²) < 4.78 is 44.2. The molecule has 36 heavy (non-hydrogen) atoms. The molecule has 0 fully saturated rings. The maximum atomic E-state index is 13.6. The predicted octanol–water partition coefficient (Wildman–Crippen LogP) is 3.84. The molecule has 0 heterocycles. The molecule has 0 saturated heterocycles. The first-order chi connectivity index (χ1) is 17.3. The lowest BCUT2D eigenvalue weighted by Crippen LogP contribution is -2.40. The minimum atomic E-state index is -4.13. The second-order valence-electron chi connectivity index (χ2n) is 7.55. The summed E-state index contributed by atoms with van der Waals surface area (Å²) in [4.78, 5) is 12.9. The van der Waals surface area contributed by atoms with Crippen LogP contribution >= 0.6 is 0 Å². The molecule has 0 aliphatic carbocycles. The number of amides is 1. The molecule has 0 aliphatic rings. The van der Waals surface area contributed by atoms with Gasteiger partial charge in [-0.3, -0.25) is 9.10 Å². The number of sulfonamides is 1. The molecule has 0 bridgehead atoms. The van der Waals surface area contributed by atoms with Crippen LogP contribution in [0.4, 0.5) is 5.69 Å². The van der Waals surface area contributed by atoms with Gasteiger partial charge in [0.1, 0.15) is 23.8 Å². The number of carbonyl (C=O) groups excluding carboxylic acids is 1. The van der Waals surface area contributed by atoms with Crippen molar-refractivity contribution in [2.24, 2.45) is 5.10 Å². The summed E-state index contributed by atoms with van der Waals surface area (Å²) >= 11 is 0. The fourth-order valence-corrected chi connectivity index (χ4v) is 4.79. The van der Waals surface area contributed by atoms with Gasteiger partial charge >= 0.3 is 0 Å². The normalized spacial score (nSPS) is 11.5. The van der Waals surface area contributed by atoms with Crippen LogP contribution in [-0.4, -0.2) is 47.4 Å². The number of benzene rings is 3. The number of hydrazone groups is 1. The van der Waals surface area contributed by atoms with Crippen molar-refractivity contribution in [1.82, 2.24) is 5.43 Å². The van der Waals surface area contributed by atoms with Crippen LogP contribution < -0.4 is 23.9 Å². The zero-order chi connectivity index (χ0) is 26.1. The van der Waals surface area contributed by atoms with Gasteiger partial charge in [0.25, 0.3) is 15.9 Å². The van der Waals surface area contributed by atoms with E-state index in [1.54, 1.807) is 37.3 Å². The van der Waals surface area contributed by atoms with Crippen LogP contribution in [-0.2, 0) is 14.8 Å². The van der Waals surface area contributed by atoms with Gasteiger partial charge in [-0.1, -0.05) is 18.2 Å². The van der Waals surface area contributed by atoms with Crippen LogP contribution in [0, 0.1) is 0 Å². The van der Waals surface area contributed by atoms with Gasteiger partial charge in [-0.2, -0.15) is 5.10 Å². The molecule has 10 heteroatoms. The number of hydrogen-bond donors (Lipinski definition) is 1. The van der Waals surface area contributed by atoms with Crippen LogP contribution in [0.1, 0.15) is 19.4 Å². The second kappa shape index (κ2) is 12.1. The maximum Gasteiger partial charge on any atom is 0.264 e. The van der Waals surface area contributed by atoms with Gasteiger partial charge in [-0.25, -0.2) is 13.8 Å². The monoisotopic (exact) mass is 511 g/mol. The lowest BCUT2D eigenvalue weighted by Gasteiger charge is -2.25. The molecule has 3 aromatic rings. The highest BCUT2D eigenvalue weighted by atomic mass is 32.2. The van der Waals surface area contributed by atoms with Crippen molar-refractivity contribution in [1.29, 1.82) is 0 Å². The fraction of sp³-hybridized carbons (Fsp3) is 0.231. The number of nitrogens with zero attached hydrogens (tertiary/aromatic N) is 2. The largest absolute Gasteiger partial charge is 0.497 e. The zero-order valence-corrected chi connectivity index (χ0v) is 21.4. The van der Waals surface area contributed by atoms with Crippen LogP contribution in [0.25, 0.3) is 0 Å². The van der Waals surface area contributed by atoms with E-state index in [0.29, 0.717) is 18.1 Å². The Bertz CT molecular complexity index is 1310. The van der Waals surface area contributed by atoms with E-state index in [2.05, 4.69) is 10.5 Å². The summed E-state index contributed by atoms with van der Waals surface area (Å²) in [6.07, 6.45) is 0. The Balaban J connectivity index is 1.91. The van der Waals surface area contributed by atoms with Crippen molar-refractivity contribution in [2.75, 3.05) is 31.7 Å². The van der Waals surface area contributed by atoms with Crippen molar-refractivity contribution >= 4 is 27.3 Å². The smallest absolute Gasteiger partial charge is 0.264 e. The summed E-state index contributed by atoms with van der Waals surface area (Å²) in [5.41, 5.74) is 3.93. The van der Waals surface area contributed by atoms with Crippen LogP contribution in [0.5, 0.6) is 17.2 Å². The molecule has 0 aliphatic heterocycles. The number of carbonyl (C=O) groups is 1. The zero-order valence-electron chi connectivity index (χ0n) is 20.6. The van der Waals surface area contributed by atoms with E-state index in [1.807, 2.05) is 31.2 Å². The van der Waals surface area contributed by atoms with Crippen molar-refractivity contribution < 1.29 is 27.4 Å². The highest BCUT2D eigenvalue weighted by molar-refractivity contribution is 7.92. The Hall–Kier alpha value is -4.05. The van der Waals surface area contributed by atoms with Gasteiger partial charge in [0.2, 0.25) is 0 Å². The molecule has 9 nitrogen and oxygen atoms in total. The average Bonchev–Trinajstić information content (AvgIpc) is 2.91. The Morgan fingerprint density at radius 1 is 0.944 bits per heavy atom. The highest BCUT2D eigenvalue weighted by Crippen LogP contribution is 2.35. The third-order valence-electron chi connectivity index (χ3n) is 5.20. The number of nitrogens with one attached hydrogen (secondary N) is 1. The molecule has 0 unspecified atom stereocenters. The number of methoxy groups -OCH3 is 2. The maximum absolute atomic E-state index is 13.6. The fourth-order valence-electron chi connectivity index (χ4n) is 3.35. The number of anilines is 1. The van der Waals surface area contributed by atoms with E-state index in [1.165, 1.54) is 32.4 Å². The van der Waals surface area contributed by atoms with Gasteiger partial charge < -0.3 is 14.2 Å². The van der Waals surface area contributed by atoms with E-state index in [9.17, 15) is 13.2 Å². The third-order valence-corrected chi connectivity index (χ3v) is 6.98. The van der Waals surface area contributed by atoms with E-state index < -0.39 is 22.5 Å². The van der Waals surface area contributed by atoms with Gasteiger partial charge in [-0.15, -0.1) is 0 Å². The lowest BCUT2D eigenvalue weighted by molar-refractivity contribution is -0.119. The van der Waals surface area contributed by atoms with Crippen molar-refractivity contribution in [3.63, 3.8) is 0 Å². The number of rotatable bonds is 11. The Labute approximate surface area is 211 Å².